The summed E-state index contributed by atoms with van der Waals surface area (Å²) in [6, 6.07) is 8.72. The van der Waals surface area contributed by atoms with E-state index in [1.807, 2.05) is 11.0 Å². The van der Waals surface area contributed by atoms with Crippen LogP contribution in [0.5, 0.6) is 5.75 Å². The summed E-state index contributed by atoms with van der Waals surface area (Å²) in [4.78, 5) is 27.6. The molecule has 0 bridgehead atoms. The standard InChI is InChI=1S/C17H22N4O3/c1-13(24-15-5-3-14(11-18)4-6-15)17(23)21-9-7-20(8-10-21)12-16(22)19-2/h3-6,13H,7-10,12H2,1-2H3,(H,19,22)/t13-/m1/s1. The van der Waals surface area contributed by atoms with Gasteiger partial charge in [-0.3, -0.25) is 14.5 Å². The van der Waals surface area contributed by atoms with E-state index in [9.17, 15) is 9.59 Å². The van der Waals surface area contributed by atoms with Crippen LogP contribution in [0.15, 0.2) is 24.3 Å². The van der Waals surface area contributed by atoms with Crippen LogP contribution in [0.4, 0.5) is 0 Å². The highest BCUT2D eigenvalue weighted by molar-refractivity contribution is 5.81. The maximum atomic E-state index is 12.5. The van der Waals surface area contributed by atoms with Gasteiger partial charge in [0.15, 0.2) is 6.10 Å². The quantitative estimate of drug-likeness (QED) is 0.834. The van der Waals surface area contributed by atoms with Crippen LogP contribution in [-0.2, 0) is 9.59 Å². The van der Waals surface area contributed by atoms with Gasteiger partial charge in [0.1, 0.15) is 5.75 Å². The van der Waals surface area contributed by atoms with Gasteiger partial charge in [-0.2, -0.15) is 5.26 Å². The molecule has 7 nitrogen and oxygen atoms in total. The van der Waals surface area contributed by atoms with E-state index in [4.69, 9.17) is 10.00 Å². The monoisotopic (exact) mass is 330 g/mol. The van der Waals surface area contributed by atoms with Gasteiger partial charge in [0.2, 0.25) is 5.91 Å². The molecule has 1 atom stereocenters. The first-order valence-electron chi connectivity index (χ1n) is 7.92. The molecule has 1 heterocycles. The molecule has 1 aliphatic rings. The Balaban J connectivity index is 1.83. The van der Waals surface area contributed by atoms with Gasteiger partial charge in [0.25, 0.3) is 5.91 Å². The van der Waals surface area contributed by atoms with Gasteiger partial charge in [-0.25, -0.2) is 0 Å². The third-order valence-electron chi connectivity index (χ3n) is 3.97. The van der Waals surface area contributed by atoms with Gasteiger partial charge in [-0.15, -0.1) is 0 Å². The molecule has 0 spiro atoms. The third-order valence-corrected chi connectivity index (χ3v) is 3.97. The number of nitriles is 1. The number of ether oxygens (including phenoxy) is 1. The number of carbonyl (C=O) groups is 2. The number of carbonyl (C=O) groups excluding carboxylic acids is 2. The van der Waals surface area contributed by atoms with E-state index in [1.54, 1.807) is 43.1 Å². The van der Waals surface area contributed by atoms with E-state index in [0.29, 0.717) is 44.0 Å². The zero-order valence-corrected chi connectivity index (χ0v) is 14.0. The molecule has 0 saturated carbocycles. The van der Waals surface area contributed by atoms with Crippen molar-refractivity contribution in [2.75, 3.05) is 39.8 Å². The normalized spacial score (nSPS) is 16.1. The summed E-state index contributed by atoms with van der Waals surface area (Å²) in [7, 11) is 1.62. The predicted molar refractivity (Wildman–Crippen MR) is 88.3 cm³/mol. The SMILES string of the molecule is CNC(=O)CN1CCN(C(=O)[C@@H](C)Oc2ccc(C#N)cc2)CC1. The molecule has 1 aromatic carbocycles. The molecule has 1 saturated heterocycles. The first-order chi connectivity index (χ1) is 11.5. The molecule has 1 fully saturated rings. The van der Waals surface area contributed by atoms with Crippen molar-refractivity contribution in [3.63, 3.8) is 0 Å². The van der Waals surface area contributed by atoms with Crippen molar-refractivity contribution >= 4 is 11.8 Å². The molecule has 1 aromatic rings. The highest BCUT2D eigenvalue weighted by Gasteiger charge is 2.26. The zero-order valence-electron chi connectivity index (χ0n) is 14.0. The lowest BCUT2D eigenvalue weighted by Gasteiger charge is -2.35. The van der Waals surface area contributed by atoms with Crippen LogP contribution in [0.1, 0.15) is 12.5 Å². The van der Waals surface area contributed by atoms with Gasteiger partial charge in [0, 0.05) is 33.2 Å². The van der Waals surface area contributed by atoms with Gasteiger partial charge in [-0.1, -0.05) is 0 Å². The summed E-state index contributed by atoms with van der Waals surface area (Å²) in [6.45, 7) is 4.58. The summed E-state index contributed by atoms with van der Waals surface area (Å²) < 4.78 is 5.66. The van der Waals surface area contributed by atoms with Crippen LogP contribution in [0, 0.1) is 11.3 Å². The Morgan fingerprint density at radius 3 is 2.42 bits per heavy atom. The smallest absolute Gasteiger partial charge is 0.263 e. The predicted octanol–water partition coefficient (Wildman–Crippen LogP) is 0.216. The van der Waals surface area contributed by atoms with E-state index in [2.05, 4.69) is 5.32 Å². The van der Waals surface area contributed by atoms with E-state index in [0.717, 1.165) is 0 Å². The molecular formula is C17H22N4O3. The minimum Gasteiger partial charge on any atom is -0.481 e. The maximum absolute atomic E-state index is 12.5. The highest BCUT2D eigenvalue weighted by atomic mass is 16.5. The second kappa shape index (κ2) is 8.31. The number of benzene rings is 1. The Kier molecular flexibility index (Phi) is 6.15. The molecule has 7 heteroatoms. The molecular weight excluding hydrogens is 308 g/mol. The van der Waals surface area contributed by atoms with Crippen LogP contribution in [0.25, 0.3) is 0 Å². The van der Waals surface area contributed by atoms with E-state index in [-0.39, 0.29) is 11.8 Å². The van der Waals surface area contributed by atoms with Crippen LogP contribution >= 0.6 is 0 Å². The first-order valence-corrected chi connectivity index (χ1v) is 7.92. The van der Waals surface area contributed by atoms with Crippen molar-refractivity contribution in [2.45, 2.75) is 13.0 Å². The zero-order chi connectivity index (χ0) is 17.5. The molecule has 1 N–H and O–H groups in total. The fraction of sp³-hybridized carbons (Fsp3) is 0.471. The topological polar surface area (TPSA) is 85.7 Å². The molecule has 1 aliphatic heterocycles. The Morgan fingerprint density at radius 2 is 1.88 bits per heavy atom. The third kappa shape index (κ3) is 4.70. The Bertz CT molecular complexity index is 616. The number of likely N-dealkylation sites (N-methyl/N-ethyl adjacent to an activating group) is 1. The molecule has 0 aliphatic carbocycles. The van der Waals surface area contributed by atoms with Gasteiger partial charge < -0.3 is 15.0 Å². The first kappa shape index (κ1) is 17.8. The van der Waals surface area contributed by atoms with Crippen molar-refractivity contribution < 1.29 is 14.3 Å². The van der Waals surface area contributed by atoms with Crippen molar-refractivity contribution in [2.24, 2.45) is 0 Å². The summed E-state index contributed by atoms with van der Waals surface area (Å²) >= 11 is 0. The van der Waals surface area contributed by atoms with E-state index >= 15 is 0 Å². The lowest BCUT2D eigenvalue weighted by molar-refractivity contribution is -0.139. The second-order valence-electron chi connectivity index (χ2n) is 5.67. The van der Waals surface area contributed by atoms with Crippen molar-refractivity contribution in [3.05, 3.63) is 29.8 Å². The Labute approximate surface area is 141 Å². The fourth-order valence-electron chi connectivity index (χ4n) is 2.53. The molecule has 2 amide bonds. The van der Waals surface area contributed by atoms with E-state index < -0.39 is 6.10 Å². The van der Waals surface area contributed by atoms with E-state index in [1.165, 1.54) is 0 Å². The summed E-state index contributed by atoms with van der Waals surface area (Å²) in [5, 5.41) is 11.4. The van der Waals surface area contributed by atoms with Crippen LogP contribution < -0.4 is 10.1 Å². The number of nitrogens with one attached hydrogen (secondary N) is 1. The highest BCUT2D eigenvalue weighted by Crippen LogP contribution is 2.15. The summed E-state index contributed by atoms with van der Waals surface area (Å²) in [5.41, 5.74) is 0.550. The van der Waals surface area contributed by atoms with Crippen LogP contribution in [0.2, 0.25) is 0 Å². The molecule has 2 rings (SSSR count). The Hall–Kier alpha value is -2.59. The minimum atomic E-state index is -0.594. The van der Waals surface area contributed by atoms with Crippen LogP contribution in [0.3, 0.4) is 0 Å². The van der Waals surface area contributed by atoms with Gasteiger partial charge in [-0.05, 0) is 31.2 Å². The largest absolute Gasteiger partial charge is 0.481 e. The number of amides is 2. The second-order valence-corrected chi connectivity index (χ2v) is 5.67. The average molecular weight is 330 g/mol. The molecule has 0 unspecified atom stereocenters. The summed E-state index contributed by atoms with van der Waals surface area (Å²) in [6.07, 6.45) is -0.594. The lowest BCUT2D eigenvalue weighted by atomic mass is 10.2. The average Bonchev–Trinajstić information content (AvgIpc) is 2.62. The number of rotatable bonds is 5. The minimum absolute atomic E-state index is 0.0210. The van der Waals surface area contributed by atoms with Crippen molar-refractivity contribution in [1.82, 2.24) is 15.1 Å². The number of hydrogen-bond donors (Lipinski definition) is 1. The molecule has 24 heavy (non-hydrogen) atoms. The maximum Gasteiger partial charge on any atom is 0.263 e. The molecule has 128 valence electrons. The number of hydrogen-bond acceptors (Lipinski definition) is 5. The van der Waals surface area contributed by atoms with Crippen molar-refractivity contribution in [3.8, 4) is 11.8 Å². The lowest BCUT2D eigenvalue weighted by Crippen LogP contribution is -2.53. The Morgan fingerprint density at radius 1 is 1.25 bits per heavy atom. The molecule has 0 aromatic heterocycles. The van der Waals surface area contributed by atoms with Crippen LogP contribution in [-0.4, -0.2) is 67.5 Å². The number of nitrogens with zero attached hydrogens (tertiary/aromatic N) is 3. The number of piperazine rings is 1. The van der Waals surface area contributed by atoms with Gasteiger partial charge in [0.05, 0.1) is 18.2 Å². The molecule has 0 radical (unpaired) electrons. The summed E-state index contributed by atoms with van der Waals surface area (Å²) in [5.74, 6) is 0.472. The van der Waals surface area contributed by atoms with Gasteiger partial charge >= 0.3 is 0 Å². The van der Waals surface area contributed by atoms with Crippen molar-refractivity contribution in [1.29, 1.82) is 5.26 Å². The fourth-order valence-corrected chi connectivity index (χ4v) is 2.53.